The van der Waals surface area contributed by atoms with Crippen molar-refractivity contribution in [3.63, 3.8) is 0 Å². The Bertz CT molecular complexity index is 441. The molecule has 0 saturated heterocycles. The van der Waals surface area contributed by atoms with E-state index in [0.29, 0.717) is 0 Å². The first kappa shape index (κ1) is 10.9. The van der Waals surface area contributed by atoms with Gasteiger partial charge in [0.25, 0.3) is 0 Å². The summed E-state index contributed by atoms with van der Waals surface area (Å²) in [7, 11) is 0. The van der Waals surface area contributed by atoms with E-state index < -0.39 is 0 Å². The Labute approximate surface area is 95.2 Å². The fraction of sp³-hybridized carbons (Fsp3) is 0. The number of rotatable bonds is 0. The van der Waals surface area contributed by atoms with Crippen LogP contribution in [0.2, 0.25) is 15.1 Å². The molecule has 0 fully saturated rings. The standard InChI is InChI=1S/C8H2Cl3N3/c9-5-3(1-12)8(14)4(2-13)6(10)7(5)11/h14H2. The highest BCUT2D eigenvalue weighted by atomic mass is 35.5. The van der Waals surface area contributed by atoms with Gasteiger partial charge in [-0.3, -0.25) is 0 Å². The first-order valence-corrected chi connectivity index (χ1v) is 4.44. The van der Waals surface area contributed by atoms with Crippen LogP contribution in [0.15, 0.2) is 0 Å². The molecule has 1 aromatic carbocycles. The number of nitrogens with zero attached hydrogens (tertiary/aromatic N) is 2. The van der Waals surface area contributed by atoms with Crippen LogP contribution in [0.5, 0.6) is 0 Å². The summed E-state index contributed by atoms with van der Waals surface area (Å²) in [6.45, 7) is 0. The predicted molar refractivity (Wildman–Crippen MR) is 55.3 cm³/mol. The summed E-state index contributed by atoms with van der Waals surface area (Å²) in [5, 5.41) is 17.3. The highest BCUT2D eigenvalue weighted by Gasteiger charge is 2.18. The normalized spacial score (nSPS) is 9.21. The third kappa shape index (κ3) is 1.47. The minimum absolute atomic E-state index is 0.0300. The van der Waals surface area contributed by atoms with E-state index in [1.54, 1.807) is 12.1 Å². The Balaban J connectivity index is 3.78. The summed E-state index contributed by atoms with van der Waals surface area (Å²) in [4.78, 5) is 0. The molecule has 0 aliphatic rings. The van der Waals surface area contributed by atoms with Crippen molar-refractivity contribution in [1.82, 2.24) is 0 Å². The molecule has 70 valence electrons. The van der Waals surface area contributed by atoms with E-state index in [4.69, 9.17) is 51.1 Å². The van der Waals surface area contributed by atoms with E-state index in [9.17, 15) is 0 Å². The van der Waals surface area contributed by atoms with Crippen molar-refractivity contribution in [3.8, 4) is 12.1 Å². The fourth-order valence-corrected chi connectivity index (χ4v) is 1.61. The van der Waals surface area contributed by atoms with Gasteiger partial charge in [0.1, 0.15) is 12.1 Å². The second-order valence-corrected chi connectivity index (χ2v) is 3.46. The molecule has 0 radical (unpaired) electrons. The van der Waals surface area contributed by atoms with Gasteiger partial charge in [-0.25, -0.2) is 0 Å². The van der Waals surface area contributed by atoms with Crippen LogP contribution in [0.1, 0.15) is 11.1 Å². The maximum absolute atomic E-state index is 8.71. The monoisotopic (exact) mass is 245 g/mol. The summed E-state index contributed by atoms with van der Waals surface area (Å²) < 4.78 is 0. The Morgan fingerprint density at radius 2 is 1.21 bits per heavy atom. The lowest BCUT2D eigenvalue weighted by atomic mass is 10.1. The SMILES string of the molecule is N#Cc1c(N)c(C#N)c(Cl)c(Cl)c1Cl. The number of hydrogen-bond acceptors (Lipinski definition) is 3. The van der Waals surface area contributed by atoms with Crippen molar-refractivity contribution in [3.05, 3.63) is 26.2 Å². The number of anilines is 1. The lowest BCUT2D eigenvalue weighted by molar-refractivity contribution is 1.45. The zero-order chi connectivity index (χ0) is 10.9. The van der Waals surface area contributed by atoms with Gasteiger partial charge in [0.05, 0.1) is 31.9 Å². The Kier molecular flexibility index (Phi) is 3.08. The van der Waals surface area contributed by atoms with Gasteiger partial charge >= 0.3 is 0 Å². The average Bonchev–Trinajstić information content (AvgIpc) is 2.16. The number of nitrogens with two attached hydrogens (primary N) is 1. The molecule has 0 aliphatic carbocycles. The topological polar surface area (TPSA) is 73.6 Å². The molecule has 0 aliphatic heterocycles. The van der Waals surface area contributed by atoms with E-state index in [-0.39, 0.29) is 31.9 Å². The van der Waals surface area contributed by atoms with Gasteiger partial charge in [0.2, 0.25) is 0 Å². The van der Waals surface area contributed by atoms with Gasteiger partial charge in [-0.2, -0.15) is 10.5 Å². The Morgan fingerprint density at radius 3 is 1.50 bits per heavy atom. The van der Waals surface area contributed by atoms with Crippen LogP contribution in [0.3, 0.4) is 0 Å². The highest BCUT2D eigenvalue weighted by molar-refractivity contribution is 6.49. The van der Waals surface area contributed by atoms with Crippen molar-refractivity contribution in [2.75, 3.05) is 5.73 Å². The van der Waals surface area contributed by atoms with Crippen LogP contribution in [0, 0.1) is 22.7 Å². The Morgan fingerprint density at radius 1 is 0.857 bits per heavy atom. The van der Waals surface area contributed by atoms with Crippen molar-refractivity contribution >= 4 is 40.5 Å². The minimum atomic E-state index is -0.0469. The molecule has 0 heterocycles. The molecular weight excluding hydrogens is 244 g/mol. The molecule has 0 aromatic heterocycles. The van der Waals surface area contributed by atoms with Crippen LogP contribution in [-0.4, -0.2) is 0 Å². The minimum Gasteiger partial charge on any atom is -0.396 e. The average molecular weight is 246 g/mol. The van der Waals surface area contributed by atoms with Crippen LogP contribution < -0.4 is 5.73 Å². The molecule has 0 bridgehead atoms. The third-order valence-corrected chi connectivity index (χ3v) is 2.91. The number of nitrogen functional groups attached to an aromatic ring is 1. The molecule has 0 atom stereocenters. The van der Waals surface area contributed by atoms with Gasteiger partial charge in [0, 0.05) is 0 Å². The molecule has 14 heavy (non-hydrogen) atoms. The van der Waals surface area contributed by atoms with Gasteiger partial charge in [0.15, 0.2) is 0 Å². The lowest BCUT2D eigenvalue weighted by Gasteiger charge is -2.07. The van der Waals surface area contributed by atoms with Gasteiger partial charge < -0.3 is 5.73 Å². The molecule has 3 nitrogen and oxygen atoms in total. The molecule has 0 amide bonds. The first-order chi connectivity index (χ1) is 6.54. The quantitative estimate of drug-likeness (QED) is 0.565. The van der Waals surface area contributed by atoms with Crippen molar-refractivity contribution in [2.24, 2.45) is 0 Å². The summed E-state index contributed by atoms with van der Waals surface area (Å²) in [6, 6.07) is 3.51. The third-order valence-electron chi connectivity index (χ3n) is 1.59. The second-order valence-electron chi connectivity index (χ2n) is 2.33. The molecule has 1 aromatic rings. The van der Waals surface area contributed by atoms with Gasteiger partial charge in [-0.05, 0) is 0 Å². The van der Waals surface area contributed by atoms with E-state index in [2.05, 4.69) is 0 Å². The molecule has 0 spiro atoms. The van der Waals surface area contributed by atoms with Crippen LogP contribution in [-0.2, 0) is 0 Å². The fourth-order valence-electron chi connectivity index (χ4n) is 0.896. The smallest absolute Gasteiger partial charge is 0.103 e. The molecule has 1 rings (SSSR count). The first-order valence-electron chi connectivity index (χ1n) is 3.30. The lowest BCUT2D eigenvalue weighted by Crippen LogP contribution is -1.97. The maximum Gasteiger partial charge on any atom is 0.103 e. The van der Waals surface area contributed by atoms with Crippen LogP contribution in [0.4, 0.5) is 5.69 Å². The summed E-state index contributed by atoms with van der Waals surface area (Å²) >= 11 is 17.1. The predicted octanol–water partition coefficient (Wildman–Crippen LogP) is 2.97. The summed E-state index contributed by atoms with van der Waals surface area (Å²) in [5.41, 5.74) is 5.40. The van der Waals surface area contributed by atoms with Gasteiger partial charge in [-0.1, -0.05) is 34.8 Å². The van der Waals surface area contributed by atoms with E-state index in [1.807, 2.05) is 0 Å². The number of halogens is 3. The molecular formula is C8H2Cl3N3. The van der Waals surface area contributed by atoms with E-state index in [1.165, 1.54) is 0 Å². The largest absolute Gasteiger partial charge is 0.396 e. The molecule has 2 N–H and O–H groups in total. The van der Waals surface area contributed by atoms with Crippen LogP contribution in [0.25, 0.3) is 0 Å². The summed E-state index contributed by atoms with van der Waals surface area (Å²) in [5.74, 6) is 0. The number of nitriles is 2. The number of benzene rings is 1. The van der Waals surface area contributed by atoms with Crippen molar-refractivity contribution in [1.29, 1.82) is 10.5 Å². The second kappa shape index (κ2) is 3.94. The zero-order valence-corrected chi connectivity index (χ0v) is 8.87. The molecule has 6 heteroatoms. The Hall–Kier alpha value is -1.13. The van der Waals surface area contributed by atoms with Crippen LogP contribution >= 0.6 is 34.8 Å². The zero-order valence-electron chi connectivity index (χ0n) is 6.61. The molecule has 0 unspecified atom stereocenters. The maximum atomic E-state index is 8.71. The van der Waals surface area contributed by atoms with E-state index >= 15 is 0 Å². The van der Waals surface area contributed by atoms with E-state index in [0.717, 1.165) is 0 Å². The number of hydrogen-bond donors (Lipinski definition) is 1. The highest BCUT2D eigenvalue weighted by Crippen LogP contribution is 2.39. The molecule has 0 saturated carbocycles. The van der Waals surface area contributed by atoms with Gasteiger partial charge in [-0.15, -0.1) is 0 Å². The summed E-state index contributed by atoms with van der Waals surface area (Å²) in [6.07, 6.45) is 0. The van der Waals surface area contributed by atoms with Crippen molar-refractivity contribution in [2.45, 2.75) is 0 Å². The van der Waals surface area contributed by atoms with Crippen molar-refractivity contribution < 1.29 is 0 Å².